The largest absolute Gasteiger partial charge is 0.489 e. The molecule has 0 spiro atoms. The van der Waals surface area contributed by atoms with Crippen LogP contribution in [0.25, 0.3) is 0 Å². The Morgan fingerprint density at radius 1 is 1.19 bits per heavy atom. The molecule has 2 aromatic rings. The van der Waals surface area contributed by atoms with Gasteiger partial charge in [0.05, 0.1) is 0 Å². The Labute approximate surface area is 98.5 Å². The molecule has 2 rings (SSSR count). The molecule has 1 aromatic carbocycles. The van der Waals surface area contributed by atoms with Gasteiger partial charge in [0.1, 0.15) is 18.2 Å². The minimum absolute atomic E-state index is 0.241. The molecular formula is C13H13FOS. The van der Waals surface area contributed by atoms with E-state index in [-0.39, 0.29) is 5.82 Å². The third-order valence-electron chi connectivity index (χ3n) is 2.35. The van der Waals surface area contributed by atoms with Gasteiger partial charge in [-0.25, -0.2) is 4.39 Å². The van der Waals surface area contributed by atoms with Crippen molar-refractivity contribution in [1.29, 1.82) is 0 Å². The summed E-state index contributed by atoms with van der Waals surface area (Å²) in [5, 5.41) is 0. The lowest BCUT2D eigenvalue weighted by Gasteiger charge is -2.05. The van der Waals surface area contributed by atoms with E-state index in [1.54, 1.807) is 23.5 Å². The topological polar surface area (TPSA) is 9.23 Å². The predicted molar refractivity (Wildman–Crippen MR) is 64.5 cm³/mol. The van der Waals surface area contributed by atoms with Crippen molar-refractivity contribution in [2.45, 2.75) is 20.5 Å². The first-order valence-corrected chi connectivity index (χ1v) is 5.91. The number of thiophene rings is 1. The second kappa shape index (κ2) is 4.66. The zero-order valence-corrected chi connectivity index (χ0v) is 10.1. The van der Waals surface area contributed by atoms with Crippen LogP contribution >= 0.6 is 11.3 Å². The van der Waals surface area contributed by atoms with E-state index in [0.29, 0.717) is 12.4 Å². The Bertz CT molecular complexity index is 473. The molecule has 0 saturated heterocycles. The van der Waals surface area contributed by atoms with E-state index in [9.17, 15) is 4.39 Å². The van der Waals surface area contributed by atoms with Crippen LogP contribution in [0.1, 0.15) is 15.3 Å². The molecule has 1 nitrogen and oxygen atoms in total. The van der Waals surface area contributed by atoms with E-state index in [0.717, 1.165) is 0 Å². The fraction of sp³-hybridized carbons (Fsp3) is 0.231. The summed E-state index contributed by atoms with van der Waals surface area (Å²) in [5.74, 6) is 0.458. The predicted octanol–water partition coefficient (Wildman–Crippen LogP) is 4.08. The van der Waals surface area contributed by atoms with E-state index in [2.05, 4.69) is 19.9 Å². The lowest BCUT2D eigenvalue weighted by atomic mass is 10.2. The van der Waals surface area contributed by atoms with Crippen molar-refractivity contribution in [3.63, 3.8) is 0 Å². The third-order valence-corrected chi connectivity index (χ3v) is 3.36. The molecule has 3 heteroatoms. The Morgan fingerprint density at radius 2 is 1.88 bits per heavy atom. The molecule has 0 saturated carbocycles. The minimum atomic E-state index is -0.241. The van der Waals surface area contributed by atoms with Crippen molar-refractivity contribution >= 4 is 11.3 Å². The molecule has 16 heavy (non-hydrogen) atoms. The molecular weight excluding hydrogens is 223 g/mol. The second-order valence-corrected chi connectivity index (χ2v) is 5.14. The van der Waals surface area contributed by atoms with Gasteiger partial charge in [-0.2, -0.15) is 0 Å². The summed E-state index contributed by atoms with van der Waals surface area (Å²) in [6.07, 6.45) is 0. The Hall–Kier alpha value is -1.35. The van der Waals surface area contributed by atoms with Crippen molar-refractivity contribution in [2.75, 3.05) is 0 Å². The molecule has 84 valence electrons. The molecule has 0 fully saturated rings. The summed E-state index contributed by atoms with van der Waals surface area (Å²) in [5.41, 5.74) is 1.20. The quantitative estimate of drug-likeness (QED) is 0.780. The van der Waals surface area contributed by atoms with E-state index >= 15 is 0 Å². The standard InChI is InChI=1S/C13H13FOS/c1-9-7-11(10(2)16-9)8-15-13-5-3-12(14)4-6-13/h3-7H,8H2,1-2H3. The molecule has 0 unspecified atom stereocenters. The van der Waals surface area contributed by atoms with Crippen LogP contribution in [0.3, 0.4) is 0 Å². The number of halogens is 1. The van der Waals surface area contributed by atoms with Gasteiger partial charge in [0, 0.05) is 15.3 Å². The first-order valence-electron chi connectivity index (χ1n) is 5.09. The van der Waals surface area contributed by atoms with Crippen LogP contribution in [0.2, 0.25) is 0 Å². The number of hydrogen-bond donors (Lipinski definition) is 0. The molecule has 0 bridgehead atoms. The average Bonchev–Trinajstić information content (AvgIpc) is 2.57. The van der Waals surface area contributed by atoms with Gasteiger partial charge in [0.2, 0.25) is 0 Å². The summed E-state index contributed by atoms with van der Waals surface area (Å²) in [6.45, 7) is 4.71. The molecule has 0 aliphatic carbocycles. The summed E-state index contributed by atoms with van der Waals surface area (Å²) in [6, 6.07) is 8.22. The molecule has 0 atom stereocenters. The lowest BCUT2D eigenvalue weighted by molar-refractivity contribution is 0.305. The van der Waals surface area contributed by atoms with Gasteiger partial charge in [-0.1, -0.05) is 0 Å². The summed E-state index contributed by atoms with van der Waals surface area (Å²) in [7, 11) is 0. The lowest BCUT2D eigenvalue weighted by Crippen LogP contribution is -1.95. The van der Waals surface area contributed by atoms with Crippen LogP contribution in [-0.2, 0) is 6.61 Å². The van der Waals surface area contributed by atoms with Gasteiger partial charge in [-0.3, -0.25) is 0 Å². The van der Waals surface area contributed by atoms with Crippen LogP contribution in [0.4, 0.5) is 4.39 Å². The fourth-order valence-corrected chi connectivity index (χ4v) is 2.45. The highest BCUT2D eigenvalue weighted by molar-refractivity contribution is 7.12. The molecule has 0 aliphatic heterocycles. The van der Waals surface area contributed by atoms with E-state index in [4.69, 9.17) is 4.74 Å². The Kier molecular flexibility index (Phi) is 3.25. The van der Waals surface area contributed by atoms with Crippen LogP contribution in [0, 0.1) is 19.7 Å². The number of benzene rings is 1. The molecule has 1 aromatic heterocycles. The highest BCUT2D eigenvalue weighted by atomic mass is 32.1. The molecule has 0 N–H and O–H groups in total. The van der Waals surface area contributed by atoms with E-state index in [1.807, 2.05) is 0 Å². The van der Waals surface area contributed by atoms with Gasteiger partial charge in [0.25, 0.3) is 0 Å². The first-order chi connectivity index (χ1) is 7.65. The van der Waals surface area contributed by atoms with Crippen molar-refractivity contribution in [2.24, 2.45) is 0 Å². The van der Waals surface area contributed by atoms with Gasteiger partial charge < -0.3 is 4.74 Å². The van der Waals surface area contributed by atoms with E-state index in [1.165, 1.54) is 27.5 Å². The fourth-order valence-electron chi connectivity index (χ4n) is 1.52. The molecule has 0 aliphatic rings. The zero-order chi connectivity index (χ0) is 11.5. The monoisotopic (exact) mass is 236 g/mol. The smallest absolute Gasteiger partial charge is 0.123 e. The maximum Gasteiger partial charge on any atom is 0.123 e. The van der Waals surface area contributed by atoms with Crippen molar-refractivity contribution in [3.8, 4) is 5.75 Å². The Morgan fingerprint density at radius 3 is 2.44 bits per heavy atom. The summed E-state index contributed by atoms with van der Waals surface area (Å²) < 4.78 is 18.2. The number of hydrogen-bond acceptors (Lipinski definition) is 2. The molecule has 0 amide bonds. The van der Waals surface area contributed by atoms with Crippen LogP contribution < -0.4 is 4.74 Å². The number of aryl methyl sites for hydroxylation is 2. The van der Waals surface area contributed by atoms with E-state index < -0.39 is 0 Å². The molecule has 1 heterocycles. The number of ether oxygens (including phenoxy) is 1. The SMILES string of the molecule is Cc1cc(COc2ccc(F)cc2)c(C)s1. The Balaban J connectivity index is 2.02. The maximum absolute atomic E-state index is 12.7. The second-order valence-electron chi connectivity index (χ2n) is 3.68. The first kappa shape index (κ1) is 11.1. The van der Waals surface area contributed by atoms with Crippen LogP contribution in [-0.4, -0.2) is 0 Å². The van der Waals surface area contributed by atoms with Crippen LogP contribution in [0.15, 0.2) is 30.3 Å². The van der Waals surface area contributed by atoms with Gasteiger partial charge in [0.15, 0.2) is 0 Å². The maximum atomic E-state index is 12.7. The summed E-state index contributed by atoms with van der Waals surface area (Å²) in [4.78, 5) is 2.56. The van der Waals surface area contributed by atoms with Crippen molar-refractivity contribution < 1.29 is 9.13 Å². The minimum Gasteiger partial charge on any atom is -0.489 e. The van der Waals surface area contributed by atoms with Crippen LogP contribution in [0.5, 0.6) is 5.75 Å². The van der Waals surface area contributed by atoms with Crippen molar-refractivity contribution in [1.82, 2.24) is 0 Å². The normalized spacial score (nSPS) is 10.4. The average molecular weight is 236 g/mol. The highest BCUT2D eigenvalue weighted by Crippen LogP contribution is 2.22. The van der Waals surface area contributed by atoms with Crippen molar-refractivity contribution in [3.05, 3.63) is 51.5 Å². The van der Waals surface area contributed by atoms with Gasteiger partial charge >= 0.3 is 0 Å². The summed E-state index contributed by atoms with van der Waals surface area (Å²) >= 11 is 1.77. The highest BCUT2D eigenvalue weighted by Gasteiger charge is 2.03. The number of rotatable bonds is 3. The van der Waals surface area contributed by atoms with Gasteiger partial charge in [-0.05, 0) is 44.2 Å². The zero-order valence-electron chi connectivity index (χ0n) is 9.29. The molecule has 0 radical (unpaired) electrons. The third kappa shape index (κ3) is 2.61. The van der Waals surface area contributed by atoms with Gasteiger partial charge in [-0.15, -0.1) is 11.3 Å².